The molecule has 16 heteroatoms. The van der Waals surface area contributed by atoms with Crippen molar-refractivity contribution in [3.05, 3.63) is 74.3 Å². The molecule has 3 heterocycles. The number of hydrogen-bond acceptors (Lipinski definition) is 11. The summed E-state index contributed by atoms with van der Waals surface area (Å²) in [5.41, 5.74) is 6.18. The van der Waals surface area contributed by atoms with E-state index in [4.69, 9.17) is 28.7 Å². The highest BCUT2D eigenvalue weighted by Gasteiger charge is 2.17. The molecule has 196 valence electrons. The molecule has 0 saturated heterocycles. The number of nitrogens with zero attached hydrogens (tertiary/aromatic N) is 4. The number of rotatable bonds is 13. The molecule has 37 heavy (non-hydrogen) atoms. The van der Waals surface area contributed by atoms with E-state index in [0.29, 0.717) is 17.8 Å². The summed E-state index contributed by atoms with van der Waals surface area (Å²) in [6.45, 7) is 0.419. The second-order valence-electron chi connectivity index (χ2n) is 7.44. The Hall–Kier alpha value is -3.91. The molecular weight excluding hydrogens is 514 g/mol. The fourth-order valence-electron chi connectivity index (χ4n) is 3.17. The van der Waals surface area contributed by atoms with Crippen LogP contribution in [0.3, 0.4) is 0 Å². The van der Waals surface area contributed by atoms with Crippen LogP contribution in [-0.2, 0) is 33.5 Å². The standard InChI is InChI=1S/C21H22FN6O8P/c1-32-16-4-2-13(8-15(16)22)9-34-37(35-10-14-3-5-17(36-14)28(30)31)12-33-7-6-27-11-24-18-19(27)25-21(23)26-20(18)29/h2-5,8,11H,6-7,9-10,12H2,1H3,(H3,23,25,26,29). The zero-order chi connectivity index (χ0) is 26.4. The van der Waals surface area contributed by atoms with Gasteiger partial charge in [-0.2, -0.15) is 4.98 Å². The number of imidazole rings is 1. The number of hydrogen-bond donors (Lipinski definition) is 2. The average Bonchev–Trinajstić information content (AvgIpc) is 3.51. The summed E-state index contributed by atoms with van der Waals surface area (Å²) in [6.07, 6.45) is 1.48. The molecule has 3 aromatic heterocycles. The van der Waals surface area contributed by atoms with Gasteiger partial charge in [-0.15, -0.1) is 0 Å². The summed E-state index contributed by atoms with van der Waals surface area (Å²) in [6, 6.07) is 7.07. The molecule has 14 nitrogen and oxygen atoms in total. The lowest BCUT2D eigenvalue weighted by atomic mass is 10.2. The summed E-state index contributed by atoms with van der Waals surface area (Å²) < 4.78 is 42.9. The number of nitrogens with two attached hydrogens (primary N) is 1. The third-order valence-corrected chi connectivity index (χ3v) is 6.16. The lowest BCUT2D eigenvalue weighted by molar-refractivity contribution is -0.402. The first-order chi connectivity index (χ1) is 17.8. The van der Waals surface area contributed by atoms with E-state index in [1.807, 2.05) is 0 Å². The van der Waals surface area contributed by atoms with Gasteiger partial charge in [-0.05, 0) is 23.8 Å². The third-order valence-electron chi connectivity index (χ3n) is 4.94. The number of anilines is 1. The van der Waals surface area contributed by atoms with Gasteiger partial charge < -0.3 is 33.2 Å². The van der Waals surface area contributed by atoms with Crippen molar-refractivity contribution in [2.75, 3.05) is 25.8 Å². The van der Waals surface area contributed by atoms with Gasteiger partial charge in [-0.1, -0.05) is 6.07 Å². The van der Waals surface area contributed by atoms with Gasteiger partial charge in [-0.25, -0.2) is 9.37 Å². The zero-order valence-corrected chi connectivity index (χ0v) is 20.4. The second kappa shape index (κ2) is 11.9. The molecule has 0 saturated carbocycles. The predicted octanol–water partition coefficient (Wildman–Crippen LogP) is 3.07. The molecular formula is C21H22FN6O8P. The Morgan fingerprint density at radius 1 is 1.27 bits per heavy atom. The number of aromatic nitrogens is 4. The summed E-state index contributed by atoms with van der Waals surface area (Å²) in [4.78, 5) is 32.6. The number of furan rings is 1. The molecule has 0 amide bonds. The van der Waals surface area contributed by atoms with Gasteiger partial charge in [0.25, 0.3) is 5.56 Å². The van der Waals surface area contributed by atoms with Crippen LogP contribution in [0.4, 0.5) is 16.2 Å². The quantitative estimate of drug-likeness (QED) is 0.111. The molecule has 0 aliphatic carbocycles. The summed E-state index contributed by atoms with van der Waals surface area (Å²) in [5, 5.41) is 10.8. The fraction of sp³-hybridized carbons (Fsp3) is 0.286. The molecule has 0 aliphatic heterocycles. The smallest absolute Gasteiger partial charge is 0.433 e. The van der Waals surface area contributed by atoms with Gasteiger partial charge in [0.1, 0.15) is 23.6 Å². The van der Waals surface area contributed by atoms with Crippen molar-refractivity contribution >= 4 is 31.4 Å². The zero-order valence-electron chi connectivity index (χ0n) is 19.5. The van der Waals surface area contributed by atoms with Crippen molar-refractivity contribution in [2.24, 2.45) is 0 Å². The van der Waals surface area contributed by atoms with Crippen LogP contribution in [0, 0.1) is 15.9 Å². The monoisotopic (exact) mass is 536 g/mol. The van der Waals surface area contributed by atoms with Gasteiger partial charge in [0.2, 0.25) is 5.95 Å². The molecule has 4 rings (SSSR count). The Morgan fingerprint density at radius 3 is 2.81 bits per heavy atom. The average molecular weight is 536 g/mol. The van der Waals surface area contributed by atoms with Crippen LogP contribution in [0.25, 0.3) is 11.2 Å². The molecule has 1 aromatic carbocycles. The number of methoxy groups -OCH3 is 1. The fourth-order valence-corrected chi connectivity index (χ4v) is 4.24. The van der Waals surface area contributed by atoms with Gasteiger partial charge >= 0.3 is 5.88 Å². The minimum Gasteiger partial charge on any atom is -0.494 e. The van der Waals surface area contributed by atoms with E-state index in [1.54, 1.807) is 10.6 Å². The minimum atomic E-state index is -1.67. The summed E-state index contributed by atoms with van der Waals surface area (Å²) >= 11 is 0. The van der Waals surface area contributed by atoms with Crippen molar-refractivity contribution in [3.63, 3.8) is 0 Å². The Labute approximate surface area is 209 Å². The maximum Gasteiger partial charge on any atom is 0.433 e. The summed E-state index contributed by atoms with van der Waals surface area (Å²) in [7, 11) is -0.302. The number of halogens is 1. The van der Waals surface area contributed by atoms with Crippen molar-refractivity contribution in [1.82, 2.24) is 19.5 Å². The molecule has 0 aliphatic rings. The number of aromatic amines is 1. The molecule has 3 N–H and O–H groups in total. The van der Waals surface area contributed by atoms with Crippen LogP contribution in [0.2, 0.25) is 0 Å². The van der Waals surface area contributed by atoms with E-state index < -0.39 is 30.6 Å². The first-order valence-corrected chi connectivity index (χ1v) is 12.1. The first kappa shape index (κ1) is 26.2. The molecule has 1 unspecified atom stereocenters. The maximum atomic E-state index is 14.0. The summed E-state index contributed by atoms with van der Waals surface area (Å²) in [5.74, 6) is -0.631. The number of benzene rings is 1. The number of H-pyrrole nitrogens is 1. The number of nitrogen functional groups attached to an aromatic ring is 1. The molecule has 4 aromatic rings. The number of nitrogens with one attached hydrogen (secondary N) is 1. The van der Waals surface area contributed by atoms with Crippen molar-refractivity contribution in [2.45, 2.75) is 19.8 Å². The van der Waals surface area contributed by atoms with Crippen LogP contribution in [0.5, 0.6) is 5.75 Å². The normalized spacial score (nSPS) is 12.2. The maximum absolute atomic E-state index is 14.0. The molecule has 0 fully saturated rings. The SMILES string of the molecule is COc1ccc(COP(COCCn2cnc3c(=O)[nH]c(N)nc32)OCc2ccc([N+](=O)[O-])o2)cc1F. The van der Waals surface area contributed by atoms with E-state index in [9.17, 15) is 19.3 Å². The van der Waals surface area contributed by atoms with Crippen LogP contribution < -0.4 is 16.0 Å². The van der Waals surface area contributed by atoms with Gasteiger partial charge in [-0.3, -0.25) is 19.9 Å². The number of ether oxygens (including phenoxy) is 2. The molecule has 0 radical (unpaired) electrons. The minimum absolute atomic E-state index is 0.0203. The van der Waals surface area contributed by atoms with Crippen molar-refractivity contribution in [1.29, 1.82) is 0 Å². The molecule has 1 atom stereocenters. The first-order valence-electron chi connectivity index (χ1n) is 10.7. The van der Waals surface area contributed by atoms with E-state index >= 15 is 0 Å². The Bertz CT molecular complexity index is 1440. The lowest BCUT2D eigenvalue weighted by Gasteiger charge is -2.17. The highest BCUT2D eigenvalue weighted by atomic mass is 31.2. The predicted molar refractivity (Wildman–Crippen MR) is 128 cm³/mol. The van der Waals surface area contributed by atoms with Crippen molar-refractivity contribution < 1.29 is 32.3 Å². The van der Waals surface area contributed by atoms with E-state index in [-0.39, 0.29) is 49.1 Å². The van der Waals surface area contributed by atoms with Crippen LogP contribution in [-0.4, -0.2) is 44.5 Å². The van der Waals surface area contributed by atoms with Gasteiger partial charge in [0.05, 0.1) is 32.7 Å². The Morgan fingerprint density at radius 2 is 2.08 bits per heavy atom. The van der Waals surface area contributed by atoms with E-state index in [1.165, 1.54) is 37.7 Å². The van der Waals surface area contributed by atoms with Crippen molar-refractivity contribution in [3.8, 4) is 5.75 Å². The Balaban J connectivity index is 1.36. The Kier molecular flexibility index (Phi) is 8.40. The highest BCUT2D eigenvalue weighted by molar-refractivity contribution is 7.46. The van der Waals surface area contributed by atoms with Gasteiger partial charge in [0, 0.05) is 6.54 Å². The van der Waals surface area contributed by atoms with Crippen LogP contribution in [0.1, 0.15) is 11.3 Å². The highest BCUT2D eigenvalue weighted by Crippen LogP contribution is 2.41. The lowest BCUT2D eigenvalue weighted by Crippen LogP contribution is -2.13. The topological polar surface area (TPSA) is 183 Å². The number of nitro groups is 1. The van der Waals surface area contributed by atoms with Crippen LogP contribution in [0.15, 0.2) is 45.9 Å². The van der Waals surface area contributed by atoms with E-state index in [0.717, 1.165) is 0 Å². The molecule has 0 spiro atoms. The third kappa shape index (κ3) is 6.65. The van der Waals surface area contributed by atoms with Gasteiger partial charge in [0.15, 0.2) is 31.1 Å². The second-order valence-corrected chi connectivity index (χ2v) is 8.88. The number of fused-ring (bicyclic) bond motifs is 1. The van der Waals surface area contributed by atoms with E-state index in [2.05, 4.69) is 15.0 Å². The van der Waals surface area contributed by atoms with Crippen LogP contribution >= 0.6 is 8.38 Å². The molecule has 0 bridgehead atoms. The largest absolute Gasteiger partial charge is 0.494 e.